The summed E-state index contributed by atoms with van der Waals surface area (Å²) in [5, 5.41) is 3.26. The molecule has 138 valence electrons. The molecule has 8 nitrogen and oxygen atoms in total. The van der Waals surface area contributed by atoms with Gasteiger partial charge in [-0.3, -0.25) is 14.6 Å². The fourth-order valence-electron chi connectivity index (χ4n) is 2.58. The molecule has 0 unspecified atom stereocenters. The monoisotopic (exact) mass is 349 g/mol. The van der Waals surface area contributed by atoms with Gasteiger partial charge in [0.05, 0.1) is 12.8 Å². The van der Waals surface area contributed by atoms with Gasteiger partial charge in [0.1, 0.15) is 0 Å². The lowest BCUT2D eigenvalue weighted by atomic mass is 10.3. The number of nitrogens with one attached hydrogen (secondary N) is 1. The minimum atomic E-state index is -0.0804. The summed E-state index contributed by atoms with van der Waals surface area (Å²) < 4.78 is 5.18. The molecule has 0 aromatic carbocycles. The molecule has 0 atom stereocenters. The zero-order chi connectivity index (χ0) is 18.2. The summed E-state index contributed by atoms with van der Waals surface area (Å²) in [6.07, 6.45) is 1.90. The fraction of sp³-hybridized carbons (Fsp3) is 0.588. The normalized spacial score (nSPS) is 15.2. The van der Waals surface area contributed by atoms with Crippen molar-refractivity contribution in [1.82, 2.24) is 20.0 Å². The van der Waals surface area contributed by atoms with Crippen LogP contribution in [0, 0.1) is 0 Å². The van der Waals surface area contributed by atoms with E-state index in [1.54, 1.807) is 36.0 Å². The summed E-state index contributed by atoms with van der Waals surface area (Å²) in [5.74, 6) is 1.15. The largest absolute Gasteiger partial charge is 0.459 e. The highest BCUT2D eigenvalue weighted by Crippen LogP contribution is 2.09. The molecule has 0 aliphatic carbocycles. The van der Waals surface area contributed by atoms with Gasteiger partial charge in [-0.2, -0.15) is 0 Å². The van der Waals surface area contributed by atoms with Crippen LogP contribution in [0.25, 0.3) is 0 Å². The van der Waals surface area contributed by atoms with Crippen molar-refractivity contribution in [1.29, 1.82) is 0 Å². The van der Waals surface area contributed by atoms with Gasteiger partial charge < -0.3 is 24.4 Å². The molecule has 2 heterocycles. The number of hydrogen-bond acceptors (Lipinski definition) is 4. The number of amides is 2. The van der Waals surface area contributed by atoms with E-state index in [0.29, 0.717) is 44.9 Å². The summed E-state index contributed by atoms with van der Waals surface area (Å²) in [7, 11) is 3.49. The molecule has 25 heavy (non-hydrogen) atoms. The van der Waals surface area contributed by atoms with Crippen molar-refractivity contribution in [3.8, 4) is 0 Å². The molecular weight excluding hydrogens is 322 g/mol. The van der Waals surface area contributed by atoms with E-state index in [4.69, 9.17) is 4.42 Å². The molecule has 1 aliphatic heterocycles. The van der Waals surface area contributed by atoms with Gasteiger partial charge in [0.15, 0.2) is 11.7 Å². The highest BCUT2D eigenvalue weighted by atomic mass is 16.3. The highest BCUT2D eigenvalue weighted by Gasteiger charge is 2.25. The second kappa shape index (κ2) is 9.10. The van der Waals surface area contributed by atoms with Gasteiger partial charge in [0.2, 0.25) is 5.91 Å². The second-order valence-corrected chi connectivity index (χ2v) is 6.03. The molecule has 0 radical (unpaired) electrons. The van der Waals surface area contributed by atoms with Crippen LogP contribution in [0.4, 0.5) is 0 Å². The molecule has 0 spiro atoms. The first kappa shape index (κ1) is 18.8. The fourth-order valence-corrected chi connectivity index (χ4v) is 2.58. The van der Waals surface area contributed by atoms with Crippen LogP contribution in [0.3, 0.4) is 0 Å². The van der Waals surface area contributed by atoms with Crippen molar-refractivity contribution in [3.63, 3.8) is 0 Å². The van der Waals surface area contributed by atoms with E-state index in [1.165, 1.54) is 6.26 Å². The second-order valence-electron chi connectivity index (χ2n) is 6.03. The van der Waals surface area contributed by atoms with E-state index in [-0.39, 0.29) is 11.8 Å². The van der Waals surface area contributed by atoms with Crippen molar-refractivity contribution in [2.75, 3.05) is 53.4 Å². The maximum atomic E-state index is 12.3. The Labute approximate surface area is 148 Å². The Kier molecular flexibility index (Phi) is 6.85. The standard InChI is InChI=1S/C17H27N5O3/c1-4-18-17(19-8-7-15(23)20(2)3)22-11-9-21(10-12-22)16(24)14-6-5-13-25-14/h5-6,13H,4,7-12H2,1-3H3,(H,18,19). The number of piperazine rings is 1. The Balaban J connectivity index is 1.88. The van der Waals surface area contributed by atoms with Gasteiger partial charge in [-0.05, 0) is 19.1 Å². The molecule has 1 aromatic rings. The van der Waals surface area contributed by atoms with Crippen molar-refractivity contribution in [2.24, 2.45) is 4.99 Å². The third-order valence-electron chi connectivity index (χ3n) is 4.02. The van der Waals surface area contributed by atoms with Crippen molar-refractivity contribution >= 4 is 17.8 Å². The molecular formula is C17H27N5O3. The van der Waals surface area contributed by atoms with Crippen molar-refractivity contribution in [2.45, 2.75) is 13.3 Å². The third-order valence-corrected chi connectivity index (χ3v) is 4.02. The molecule has 0 bridgehead atoms. The van der Waals surface area contributed by atoms with Gasteiger partial charge in [0, 0.05) is 53.2 Å². The summed E-state index contributed by atoms with van der Waals surface area (Å²) >= 11 is 0. The van der Waals surface area contributed by atoms with Gasteiger partial charge in [0.25, 0.3) is 5.91 Å². The van der Waals surface area contributed by atoms with Crippen molar-refractivity contribution in [3.05, 3.63) is 24.2 Å². The van der Waals surface area contributed by atoms with Crippen molar-refractivity contribution < 1.29 is 14.0 Å². The zero-order valence-corrected chi connectivity index (χ0v) is 15.2. The summed E-state index contributed by atoms with van der Waals surface area (Å²) in [6, 6.07) is 3.40. The van der Waals surface area contributed by atoms with Crippen LogP contribution < -0.4 is 5.32 Å². The molecule has 8 heteroatoms. The van der Waals surface area contributed by atoms with E-state index in [1.807, 2.05) is 6.92 Å². The topological polar surface area (TPSA) is 81.4 Å². The minimum Gasteiger partial charge on any atom is -0.459 e. The molecule has 1 aromatic heterocycles. The van der Waals surface area contributed by atoms with Gasteiger partial charge in [-0.1, -0.05) is 0 Å². The quantitative estimate of drug-likeness (QED) is 0.618. The Morgan fingerprint density at radius 1 is 1.24 bits per heavy atom. The SMILES string of the molecule is CCNC(=NCCC(=O)N(C)C)N1CCN(C(=O)c2ccco2)CC1. The smallest absolute Gasteiger partial charge is 0.289 e. The Hall–Kier alpha value is -2.51. The first-order valence-electron chi connectivity index (χ1n) is 8.59. The van der Waals surface area contributed by atoms with E-state index in [0.717, 1.165) is 12.5 Å². The lowest BCUT2D eigenvalue weighted by Gasteiger charge is -2.36. The number of guanidine groups is 1. The lowest BCUT2D eigenvalue weighted by Crippen LogP contribution is -2.53. The molecule has 2 rings (SSSR count). The molecule has 1 fully saturated rings. The van der Waals surface area contributed by atoms with Crippen LogP contribution in [-0.4, -0.2) is 85.8 Å². The number of carbonyl (C=O) groups excluding carboxylic acids is 2. The van der Waals surface area contributed by atoms with Gasteiger partial charge in [-0.15, -0.1) is 0 Å². The van der Waals surface area contributed by atoms with E-state index >= 15 is 0 Å². The number of hydrogen-bond donors (Lipinski definition) is 1. The number of furan rings is 1. The molecule has 1 aliphatic rings. The minimum absolute atomic E-state index is 0.0634. The predicted molar refractivity (Wildman–Crippen MR) is 95.5 cm³/mol. The predicted octanol–water partition coefficient (Wildman–Crippen LogP) is 0.481. The molecule has 1 saturated heterocycles. The number of carbonyl (C=O) groups is 2. The summed E-state index contributed by atoms with van der Waals surface area (Å²) in [4.78, 5) is 34.0. The number of nitrogens with zero attached hydrogens (tertiary/aromatic N) is 4. The highest BCUT2D eigenvalue weighted by molar-refractivity contribution is 5.91. The average Bonchev–Trinajstić information content (AvgIpc) is 3.15. The lowest BCUT2D eigenvalue weighted by molar-refractivity contribution is -0.128. The zero-order valence-electron chi connectivity index (χ0n) is 15.2. The number of aliphatic imine (C=N–C) groups is 1. The van der Waals surface area contributed by atoms with E-state index in [2.05, 4.69) is 15.2 Å². The average molecular weight is 349 g/mol. The van der Waals surface area contributed by atoms with Crippen LogP contribution in [0.5, 0.6) is 0 Å². The molecule has 2 amide bonds. The first-order valence-corrected chi connectivity index (χ1v) is 8.59. The molecule has 1 N–H and O–H groups in total. The van der Waals surface area contributed by atoms with E-state index < -0.39 is 0 Å². The van der Waals surface area contributed by atoms with E-state index in [9.17, 15) is 9.59 Å². The van der Waals surface area contributed by atoms with Crippen LogP contribution in [0.1, 0.15) is 23.9 Å². The van der Waals surface area contributed by atoms with Gasteiger partial charge in [-0.25, -0.2) is 0 Å². The first-order chi connectivity index (χ1) is 12.0. The molecule has 0 saturated carbocycles. The van der Waals surface area contributed by atoms with Crippen LogP contribution in [-0.2, 0) is 4.79 Å². The van der Waals surface area contributed by atoms with Crippen LogP contribution >= 0.6 is 0 Å². The summed E-state index contributed by atoms with van der Waals surface area (Å²) in [6.45, 7) is 5.83. The number of rotatable bonds is 5. The maximum Gasteiger partial charge on any atom is 0.289 e. The Morgan fingerprint density at radius 3 is 2.48 bits per heavy atom. The maximum absolute atomic E-state index is 12.3. The summed E-state index contributed by atoms with van der Waals surface area (Å²) in [5.41, 5.74) is 0. The van der Waals surface area contributed by atoms with Gasteiger partial charge >= 0.3 is 0 Å². The van der Waals surface area contributed by atoms with Crippen LogP contribution in [0.15, 0.2) is 27.8 Å². The Morgan fingerprint density at radius 2 is 1.92 bits per heavy atom. The Bertz CT molecular complexity index is 589. The third kappa shape index (κ3) is 5.23. The van der Waals surface area contributed by atoms with Crippen LogP contribution in [0.2, 0.25) is 0 Å².